The Morgan fingerprint density at radius 3 is 2.83 bits per heavy atom. The molecule has 0 bridgehead atoms. The molecule has 1 rings (SSSR count). The molecule has 0 amide bonds. The van der Waals surface area contributed by atoms with Gasteiger partial charge in [-0.1, -0.05) is 0 Å². The Morgan fingerprint density at radius 1 is 1.58 bits per heavy atom. The average molecular weight is 190 g/mol. The molecule has 0 atom stereocenters. The van der Waals surface area contributed by atoms with Crippen LogP contribution in [0.2, 0.25) is 0 Å². The maximum Gasteiger partial charge on any atom is 0.157 e. The number of nitrogens with two attached hydrogens (primary N) is 1. The van der Waals surface area contributed by atoms with Gasteiger partial charge < -0.3 is 5.73 Å². The summed E-state index contributed by atoms with van der Waals surface area (Å²) in [6.45, 7) is 0.139. The Kier molecular flexibility index (Phi) is 2.77. The van der Waals surface area contributed by atoms with Crippen molar-refractivity contribution in [2.75, 3.05) is 12.3 Å². The fourth-order valence-electron chi connectivity index (χ4n) is 0.772. The van der Waals surface area contributed by atoms with Crippen LogP contribution in [0.25, 0.3) is 0 Å². The van der Waals surface area contributed by atoms with Crippen molar-refractivity contribution in [3.63, 3.8) is 0 Å². The van der Waals surface area contributed by atoms with Crippen molar-refractivity contribution in [2.24, 2.45) is 5.73 Å². The first kappa shape index (κ1) is 9.14. The van der Waals surface area contributed by atoms with Crippen molar-refractivity contribution >= 4 is 9.84 Å². The predicted octanol–water partition coefficient (Wildman–Crippen LogP) is -1.32. The third kappa shape index (κ3) is 2.59. The lowest BCUT2D eigenvalue weighted by molar-refractivity contribution is 0.594. The van der Waals surface area contributed by atoms with Crippen LogP contribution in [0.4, 0.5) is 0 Å². The SMILES string of the molecule is NCCS(=O)(=O)Cc1cn[nH]n1. The Bertz CT molecular complexity index is 317. The lowest BCUT2D eigenvalue weighted by Gasteiger charge is -1.97. The highest BCUT2D eigenvalue weighted by atomic mass is 32.2. The summed E-state index contributed by atoms with van der Waals surface area (Å²) in [6, 6.07) is 0. The molecular formula is C5H10N4O2S. The summed E-state index contributed by atoms with van der Waals surface area (Å²) < 4.78 is 22.3. The third-order valence-corrected chi connectivity index (χ3v) is 2.85. The molecule has 3 N–H and O–H groups in total. The molecule has 0 radical (unpaired) electrons. The second-order valence-corrected chi connectivity index (χ2v) is 4.53. The first-order chi connectivity index (χ1) is 5.64. The number of nitrogens with zero attached hydrogens (tertiary/aromatic N) is 2. The molecule has 0 spiro atoms. The highest BCUT2D eigenvalue weighted by Crippen LogP contribution is 1.99. The van der Waals surface area contributed by atoms with E-state index >= 15 is 0 Å². The lowest BCUT2D eigenvalue weighted by Crippen LogP contribution is -2.17. The van der Waals surface area contributed by atoms with Gasteiger partial charge in [-0.15, -0.1) is 0 Å². The summed E-state index contributed by atoms with van der Waals surface area (Å²) in [5.74, 6) is -0.111. The topological polar surface area (TPSA) is 102 Å². The van der Waals surface area contributed by atoms with Crippen molar-refractivity contribution in [1.29, 1.82) is 0 Å². The van der Waals surface area contributed by atoms with Crippen molar-refractivity contribution in [3.05, 3.63) is 11.9 Å². The summed E-state index contributed by atoms with van der Waals surface area (Å²) in [5, 5.41) is 9.46. The highest BCUT2D eigenvalue weighted by molar-refractivity contribution is 7.90. The summed E-state index contributed by atoms with van der Waals surface area (Å²) in [5.41, 5.74) is 5.54. The molecule has 0 aliphatic heterocycles. The number of sulfone groups is 1. The number of aromatic amines is 1. The van der Waals surface area contributed by atoms with E-state index in [-0.39, 0.29) is 18.1 Å². The first-order valence-corrected chi connectivity index (χ1v) is 5.21. The van der Waals surface area contributed by atoms with Crippen molar-refractivity contribution in [3.8, 4) is 0 Å². The van der Waals surface area contributed by atoms with Crippen LogP contribution < -0.4 is 5.73 Å². The second-order valence-electron chi connectivity index (χ2n) is 2.34. The number of aromatic nitrogens is 3. The van der Waals surface area contributed by atoms with Crippen molar-refractivity contribution < 1.29 is 8.42 Å². The molecule has 0 fully saturated rings. The van der Waals surface area contributed by atoms with Gasteiger partial charge in [0.05, 0.1) is 23.4 Å². The van der Waals surface area contributed by atoms with Crippen LogP contribution in [0, 0.1) is 0 Å². The van der Waals surface area contributed by atoms with E-state index in [2.05, 4.69) is 15.4 Å². The van der Waals surface area contributed by atoms with E-state index in [0.29, 0.717) is 5.69 Å². The van der Waals surface area contributed by atoms with Gasteiger partial charge in [-0.25, -0.2) is 8.42 Å². The number of hydrogen-bond donors (Lipinski definition) is 2. The molecule has 1 heterocycles. The smallest absolute Gasteiger partial charge is 0.157 e. The van der Waals surface area contributed by atoms with Crippen LogP contribution >= 0.6 is 0 Å². The summed E-state index contributed by atoms with van der Waals surface area (Å²) in [7, 11) is -3.10. The van der Waals surface area contributed by atoms with Crippen LogP contribution in [0.1, 0.15) is 5.69 Å². The summed E-state index contributed by atoms with van der Waals surface area (Å²) >= 11 is 0. The largest absolute Gasteiger partial charge is 0.329 e. The molecule has 6 nitrogen and oxygen atoms in total. The molecule has 7 heteroatoms. The fourth-order valence-corrected chi connectivity index (χ4v) is 1.87. The zero-order valence-corrected chi connectivity index (χ0v) is 7.21. The van der Waals surface area contributed by atoms with Gasteiger partial charge in [0, 0.05) is 6.54 Å². The number of rotatable bonds is 4. The Hall–Kier alpha value is -0.950. The van der Waals surface area contributed by atoms with Gasteiger partial charge in [0.25, 0.3) is 0 Å². The molecule has 0 saturated heterocycles. The zero-order valence-electron chi connectivity index (χ0n) is 6.40. The van der Waals surface area contributed by atoms with E-state index in [4.69, 9.17) is 5.73 Å². The van der Waals surface area contributed by atoms with Crippen LogP contribution in [0.5, 0.6) is 0 Å². The van der Waals surface area contributed by atoms with E-state index in [1.807, 2.05) is 0 Å². The second kappa shape index (κ2) is 3.63. The van der Waals surface area contributed by atoms with Crippen LogP contribution in [0.15, 0.2) is 6.20 Å². The minimum Gasteiger partial charge on any atom is -0.329 e. The van der Waals surface area contributed by atoms with Gasteiger partial charge >= 0.3 is 0 Å². The number of hydrogen-bond acceptors (Lipinski definition) is 5. The normalized spacial score (nSPS) is 11.8. The Morgan fingerprint density at radius 2 is 2.33 bits per heavy atom. The maximum absolute atomic E-state index is 11.1. The minimum absolute atomic E-state index is 0.0140. The third-order valence-electron chi connectivity index (χ3n) is 1.26. The summed E-state index contributed by atoms with van der Waals surface area (Å²) in [4.78, 5) is 0. The van der Waals surface area contributed by atoms with Crippen molar-refractivity contribution in [1.82, 2.24) is 15.4 Å². The standard InChI is InChI=1S/C5H10N4O2S/c6-1-2-12(10,11)4-5-3-7-9-8-5/h3H,1-2,4,6H2,(H,7,8,9). The Labute approximate surface area is 70.1 Å². The van der Waals surface area contributed by atoms with Gasteiger partial charge in [0.1, 0.15) is 0 Å². The minimum atomic E-state index is -3.10. The lowest BCUT2D eigenvalue weighted by atomic mass is 10.6. The monoisotopic (exact) mass is 190 g/mol. The molecule has 0 saturated carbocycles. The van der Waals surface area contributed by atoms with E-state index in [9.17, 15) is 8.42 Å². The van der Waals surface area contributed by atoms with Gasteiger partial charge in [0.15, 0.2) is 9.84 Å². The van der Waals surface area contributed by atoms with Gasteiger partial charge in [-0.2, -0.15) is 15.4 Å². The Balaban J connectivity index is 2.63. The number of H-pyrrole nitrogens is 1. The quantitative estimate of drug-likeness (QED) is 0.613. The van der Waals surface area contributed by atoms with E-state index in [1.165, 1.54) is 6.20 Å². The molecule has 1 aromatic rings. The van der Waals surface area contributed by atoms with Crippen LogP contribution in [-0.4, -0.2) is 36.1 Å². The molecule has 1 aromatic heterocycles. The van der Waals surface area contributed by atoms with Gasteiger partial charge in [0.2, 0.25) is 0 Å². The van der Waals surface area contributed by atoms with Crippen LogP contribution in [-0.2, 0) is 15.6 Å². The predicted molar refractivity (Wildman–Crippen MR) is 42.9 cm³/mol. The molecule has 0 aliphatic rings. The molecular weight excluding hydrogens is 180 g/mol. The number of nitrogens with one attached hydrogen (secondary N) is 1. The van der Waals surface area contributed by atoms with Gasteiger partial charge in [-0.05, 0) is 0 Å². The first-order valence-electron chi connectivity index (χ1n) is 3.39. The van der Waals surface area contributed by atoms with E-state index in [1.54, 1.807) is 0 Å². The molecule has 12 heavy (non-hydrogen) atoms. The summed E-state index contributed by atoms with van der Waals surface area (Å²) in [6.07, 6.45) is 1.38. The molecule has 0 aliphatic carbocycles. The molecule has 0 aromatic carbocycles. The zero-order chi connectivity index (χ0) is 9.03. The van der Waals surface area contributed by atoms with E-state index < -0.39 is 9.84 Å². The molecule has 0 unspecified atom stereocenters. The molecule has 68 valence electrons. The van der Waals surface area contributed by atoms with Gasteiger partial charge in [-0.3, -0.25) is 0 Å². The fraction of sp³-hybridized carbons (Fsp3) is 0.600. The van der Waals surface area contributed by atoms with Crippen molar-refractivity contribution in [2.45, 2.75) is 5.75 Å². The van der Waals surface area contributed by atoms with E-state index in [0.717, 1.165) is 0 Å². The highest BCUT2D eigenvalue weighted by Gasteiger charge is 2.11. The van der Waals surface area contributed by atoms with Crippen LogP contribution in [0.3, 0.4) is 0 Å². The average Bonchev–Trinajstić information content (AvgIpc) is 2.38. The maximum atomic E-state index is 11.1.